The number of urea groups is 1. The number of benzene rings is 1. The van der Waals surface area contributed by atoms with Gasteiger partial charge in [0, 0.05) is 12.5 Å². The van der Waals surface area contributed by atoms with E-state index in [-0.39, 0.29) is 30.7 Å². The first-order valence-electron chi connectivity index (χ1n) is 6.42. The van der Waals surface area contributed by atoms with Gasteiger partial charge >= 0.3 is 12.0 Å². The molecule has 0 aliphatic carbocycles. The fourth-order valence-electron chi connectivity index (χ4n) is 1.75. The number of carbonyl (C=O) groups is 2. The summed E-state index contributed by atoms with van der Waals surface area (Å²) in [4.78, 5) is 22.4. The lowest BCUT2D eigenvalue weighted by Crippen LogP contribution is -2.41. The minimum absolute atomic E-state index is 0.0247. The van der Waals surface area contributed by atoms with Crippen LogP contribution >= 0.6 is 0 Å². The lowest BCUT2D eigenvalue weighted by atomic mass is 10.0. The van der Waals surface area contributed by atoms with E-state index in [9.17, 15) is 14.0 Å². The van der Waals surface area contributed by atoms with Gasteiger partial charge in [0.15, 0.2) is 0 Å². The van der Waals surface area contributed by atoms with Gasteiger partial charge in [0.25, 0.3) is 0 Å². The minimum Gasteiger partial charge on any atom is -0.481 e. The summed E-state index contributed by atoms with van der Waals surface area (Å²) in [6.45, 7) is 3.65. The molecular formula is C14H19FN2O3. The molecule has 2 amide bonds. The van der Waals surface area contributed by atoms with E-state index in [1.807, 2.05) is 13.8 Å². The molecule has 1 unspecified atom stereocenters. The summed E-state index contributed by atoms with van der Waals surface area (Å²) in [5, 5.41) is 14.1. The van der Waals surface area contributed by atoms with Crippen LogP contribution in [0.1, 0.15) is 38.3 Å². The first kappa shape index (κ1) is 15.9. The highest BCUT2D eigenvalue weighted by Gasteiger charge is 2.16. The van der Waals surface area contributed by atoms with Gasteiger partial charge in [0.1, 0.15) is 5.82 Å². The third-order valence-corrected chi connectivity index (χ3v) is 2.64. The summed E-state index contributed by atoms with van der Waals surface area (Å²) in [5.41, 5.74) is 0.673. The molecule has 1 aromatic rings. The van der Waals surface area contributed by atoms with Crippen molar-refractivity contribution in [3.63, 3.8) is 0 Å². The number of hydrogen-bond acceptors (Lipinski definition) is 2. The fourth-order valence-corrected chi connectivity index (χ4v) is 1.75. The Morgan fingerprint density at radius 2 is 1.80 bits per heavy atom. The summed E-state index contributed by atoms with van der Waals surface area (Å²) in [6, 6.07) is 4.78. The van der Waals surface area contributed by atoms with Crippen molar-refractivity contribution in [2.75, 3.05) is 0 Å². The van der Waals surface area contributed by atoms with E-state index in [1.165, 1.54) is 24.3 Å². The van der Waals surface area contributed by atoms with Gasteiger partial charge in [-0.05, 0) is 38.0 Å². The van der Waals surface area contributed by atoms with Gasteiger partial charge in [0.05, 0.1) is 6.04 Å². The van der Waals surface area contributed by atoms with Gasteiger partial charge < -0.3 is 15.7 Å². The smallest absolute Gasteiger partial charge is 0.315 e. The average molecular weight is 282 g/mol. The van der Waals surface area contributed by atoms with Crippen LogP contribution in [0.5, 0.6) is 0 Å². The summed E-state index contributed by atoms with van der Waals surface area (Å²) in [6.07, 6.45) is 0.163. The molecule has 20 heavy (non-hydrogen) atoms. The van der Waals surface area contributed by atoms with Crippen LogP contribution in [0.3, 0.4) is 0 Å². The van der Waals surface area contributed by atoms with Crippen molar-refractivity contribution in [1.82, 2.24) is 10.6 Å². The van der Waals surface area contributed by atoms with Crippen molar-refractivity contribution in [3.8, 4) is 0 Å². The fraction of sp³-hybridized carbons (Fsp3) is 0.429. The van der Waals surface area contributed by atoms with Crippen LogP contribution in [-0.2, 0) is 4.79 Å². The summed E-state index contributed by atoms with van der Waals surface area (Å²) >= 11 is 0. The van der Waals surface area contributed by atoms with Crippen molar-refractivity contribution >= 4 is 12.0 Å². The standard InChI is InChI=1S/C14H19FN2O3/c1-9(2)16-14(20)17-12(7-8-13(18)19)10-3-5-11(15)6-4-10/h3-6,9,12H,7-8H2,1-2H3,(H,18,19)(H2,16,17,20). The molecule has 1 aromatic carbocycles. The highest BCUT2D eigenvalue weighted by Crippen LogP contribution is 2.19. The zero-order chi connectivity index (χ0) is 15.1. The monoisotopic (exact) mass is 282 g/mol. The van der Waals surface area contributed by atoms with Gasteiger partial charge in [-0.1, -0.05) is 12.1 Å². The number of nitrogens with one attached hydrogen (secondary N) is 2. The van der Waals surface area contributed by atoms with E-state index >= 15 is 0 Å². The van der Waals surface area contributed by atoms with Gasteiger partial charge in [-0.2, -0.15) is 0 Å². The predicted molar refractivity (Wildman–Crippen MR) is 72.8 cm³/mol. The van der Waals surface area contributed by atoms with E-state index in [0.29, 0.717) is 5.56 Å². The molecule has 0 aliphatic heterocycles. The first-order valence-corrected chi connectivity index (χ1v) is 6.42. The predicted octanol–water partition coefficient (Wildman–Crippen LogP) is 2.44. The molecule has 0 spiro atoms. The van der Waals surface area contributed by atoms with Crippen molar-refractivity contribution in [1.29, 1.82) is 0 Å². The molecule has 110 valence electrons. The lowest BCUT2D eigenvalue weighted by molar-refractivity contribution is -0.137. The molecule has 0 aliphatic rings. The van der Waals surface area contributed by atoms with Crippen LogP contribution in [0.4, 0.5) is 9.18 Å². The van der Waals surface area contributed by atoms with Crippen molar-refractivity contribution < 1.29 is 19.1 Å². The van der Waals surface area contributed by atoms with Crippen LogP contribution in [0.25, 0.3) is 0 Å². The van der Waals surface area contributed by atoms with Gasteiger partial charge in [0.2, 0.25) is 0 Å². The quantitative estimate of drug-likeness (QED) is 0.750. The Morgan fingerprint density at radius 1 is 1.20 bits per heavy atom. The number of carboxylic acids is 1. The number of hydrogen-bond donors (Lipinski definition) is 3. The molecule has 1 rings (SSSR count). The Morgan fingerprint density at radius 3 is 2.30 bits per heavy atom. The third kappa shape index (κ3) is 5.69. The largest absolute Gasteiger partial charge is 0.481 e. The number of rotatable bonds is 6. The van der Waals surface area contributed by atoms with Crippen molar-refractivity contribution in [2.24, 2.45) is 0 Å². The van der Waals surface area contributed by atoms with Crippen molar-refractivity contribution in [2.45, 2.75) is 38.8 Å². The summed E-state index contributed by atoms with van der Waals surface area (Å²) in [7, 11) is 0. The number of halogens is 1. The van der Waals surface area contributed by atoms with Gasteiger partial charge in [-0.25, -0.2) is 9.18 Å². The van der Waals surface area contributed by atoms with Crippen LogP contribution in [0.2, 0.25) is 0 Å². The Kier molecular flexibility index (Phi) is 5.96. The number of amides is 2. The topological polar surface area (TPSA) is 78.4 Å². The molecule has 6 heteroatoms. The Labute approximate surface area is 117 Å². The Bertz CT molecular complexity index is 460. The molecule has 0 radical (unpaired) electrons. The number of aliphatic carboxylic acids is 1. The molecule has 0 fully saturated rings. The molecule has 0 heterocycles. The number of carbonyl (C=O) groups excluding carboxylic acids is 1. The lowest BCUT2D eigenvalue weighted by Gasteiger charge is -2.20. The Hall–Kier alpha value is -2.11. The highest BCUT2D eigenvalue weighted by atomic mass is 19.1. The number of carboxylic acid groups (broad SMARTS) is 1. The van der Waals surface area contributed by atoms with Gasteiger partial charge in [-0.15, -0.1) is 0 Å². The van der Waals surface area contributed by atoms with Gasteiger partial charge in [-0.3, -0.25) is 4.79 Å². The normalized spacial score (nSPS) is 12.0. The van der Waals surface area contributed by atoms with Crippen molar-refractivity contribution in [3.05, 3.63) is 35.6 Å². The van der Waals surface area contributed by atoms with E-state index < -0.39 is 12.0 Å². The maximum Gasteiger partial charge on any atom is 0.315 e. The van der Waals surface area contributed by atoms with E-state index in [0.717, 1.165) is 0 Å². The molecule has 0 saturated carbocycles. The van der Waals surface area contributed by atoms with Crippen LogP contribution in [0, 0.1) is 5.82 Å². The Balaban J connectivity index is 2.76. The molecule has 0 bridgehead atoms. The molecule has 0 aromatic heterocycles. The summed E-state index contributed by atoms with van der Waals surface area (Å²) < 4.78 is 12.9. The second-order valence-corrected chi connectivity index (χ2v) is 4.81. The molecule has 0 saturated heterocycles. The first-order chi connectivity index (χ1) is 9.38. The highest BCUT2D eigenvalue weighted by molar-refractivity contribution is 5.75. The maximum absolute atomic E-state index is 12.9. The minimum atomic E-state index is -0.942. The van der Waals surface area contributed by atoms with E-state index in [4.69, 9.17) is 5.11 Å². The molecule has 1 atom stereocenters. The van der Waals surface area contributed by atoms with Crippen LogP contribution < -0.4 is 10.6 Å². The van der Waals surface area contributed by atoms with Crippen LogP contribution in [-0.4, -0.2) is 23.1 Å². The third-order valence-electron chi connectivity index (χ3n) is 2.64. The molecular weight excluding hydrogens is 263 g/mol. The molecule has 3 N–H and O–H groups in total. The van der Waals surface area contributed by atoms with Crippen LogP contribution in [0.15, 0.2) is 24.3 Å². The second kappa shape index (κ2) is 7.47. The SMILES string of the molecule is CC(C)NC(=O)NC(CCC(=O)O)c1ccc(F)cc1. The van der Waals surface area contributed by atoms with E-state index in [2.05, 4.69) is 10.6 Å². The van der Waals surface area contributed by atoms with E-state index in [1.54, 1.807) is 0 Å². The maximum atomic E-state index is 12.9. The second-order valence-electron chi connectivity index (χ2n) is 4.81. The average Bonchev–Trinajstić information content (AvgIpc) is 2.34. The molecule has 5 nitrogen and oxygen atoms in total. The zero-order valence-corrected chi connectivity index (χ0v) is 11.5. The zero-order valence-electron chi connectivity index (χ0n) is 11.5. The summed E-state index contributed by atoms with van der Waals surface area (Å²) in [5.74, 6) is -1.32.